The van der Waals surface area contributed by atoms with Crippen LogP contribution in [0.5, 0.6) is 11.5 Å². The molecule has 1 aromatic rings. The van der Waals surface area contributed by atoms with Gasteiger partial charge in [0.25, 0.3) is 0 Å². The average molecular weight is 423 g/mol. The molecule has 0 saturated heterocycles. The van der Waals surface area contributed by atoms with E-state index in [1.807, 2.05) is 30.4 Å². The molecule has 2 aliphatic heterocycles. The summed E-state index contributed by atoms with van der Waals surface area (Å²) in [4.78, 5) is 4.20. The van der Waals surface area contributed by atoms with E-state index in [-0.39, 0.29) is 25.2 Å². The van der Waals surface area contributed by atoms with Gasteiger partial charge < -0.3 is 24.4 Å². The Morgan fingerprint density at radius 3 is 3.00 bits per heavy atom. The van der Waals surface area contributed by atoms with Crippen LogP contribution in [0.2, 0.25) is 0 Å². The number of aliphatic hydroxyl groups excluding tert-OH is 1. The summed E-state index contributed by atoms with van der Waals surface area (Å²) in [5.74, 6) is 1.36. The van der Waals surface area contributed by atoms with E-state index >= 15 is 0 Å². The fourth-order valence-electron chi connectivity index (χ4n) is 3.75. The second-order valence-electron chi connectivity index (χ2n) is 6.89. The first kappa shape index (κ1) is 20.5. The number of aliphatic hydroxyl groups is 1. The first-order valence-corrected chi connectivity index (χ1v) is 9.99. The SMILES string of the molecule is OCOCC1=CC(N=C=S)CC=C1C1=C2/C=C\COC/C=C\2Oc2cc(O)ccc21. The molecule has 1 unspecified atom stereocenters. The van der Waals surface area contributed by atoms with Gasteiger partial charge in [-0.15, -0.1) is 0 Å². The van der Waals surface area contributed by atoms with Crippen LogP contribution in [0.3, 0.4) is 0 Å². The molecule has 0 fully saturated rings. The molecular formula is C23H21NO5S. The number of allylic oxidation sites excluding steroid dienone is 2. The van der Waals surface area contributed by atoms with Crippen molar-refractivity contribution in [3.8, 4) is 11.5 Å². The van der Waals surface area contributed by atoms with Crippen LogP contribution in [-0.4, -0.2) is 48.0 Å². The summed E-state index contributed by atoms with van der Waals surface area (Å²) in [6, 6.07) is 4.97. The maximum absolute atomic E-state index is 9.99. The number of phenolic OH excluding ortho intramolecular Hbond substituents is 1. The third-order valence-electron chi connectivity index (χ3n) is 5.01. The van der Waals surface area contributed by atoms with Gasteiger partial charge in [0.15, 0.2) is 0 Å². The number of hydrogen-bond donors (Lipinski definition) is 2. The summed E-state index contributed by atoms with van der Waals surface area (Å²) < 4.78 is 16.9. The Kier molecular flexibility index (Phi) is 6.38. The highest BCUT2D eigenvalue weighted by atomic mass is 32.1. The largest absolute Gasteiger partial charge is 0.508 e. The maximum atomic E-state index is 9.99. The number of thiocarbonyl (C=S) groups is 1. The predicted molar refractivity (Wildman–Crippen MR) is 116 cm³/mol. The molecule has 2 heterocycles. The summed E-state index contributed by atoms with van der Waals surface area (Å²) in [7, 11) is 0. The standard InChI is InChI=1S/C23H21NO5S/c25-14-28-12-15-10-16(24-13-30)3-5-18(15)23-19-2-1-8-27-9-7-21(19)29-22-11-17(26)4-6-20(22)23/h1-2,4-7,10-11,16,25-26H,3,8-9,12,14H2/b2-1-,21-7+. The molecule has 0 aromatic heterocycles. The van der Waals surface area contributed by atoms with E-state index in [2.05, 4.69) is 16.2 Å². The molecule has 4 rings (SSSR count). The van der Waals surface area contributed by atoms with Crippen molar-refractivity contribution in [1.82, 2.24) is 0 Å². The zero-order chi connectivity index (χ0) is 20.9. The van der Waals surface area contributed by atoms with E-state index in [0.717, 1.165) is 27.9 Å². The Labute approximate surface area is 179 Å². The molecule has 30 heavy (non-hydrogen) atoms. The van der Waals surface area contributed by atoms with Gasteiger partial charge in [-0.2, -0.15) is 0 Å². The van der Waals surface area contributed by atoms with Gasteiger partial charge >= 0.3 is 0 Å². The van der Waals surface area contributed by atoms with Gasteiger partial charge in [0.1, 0.15) is 24.1 Å². The smallest absolute Gasteiger partial charge is 0.144 e. The first-order valence-electron chi connectivity index (χ1n) is 9.58. The van der Waals surface area contributed by atoms with E-state index in [1.54, 1.807) is 12.1 Å². The number of nitrogens with zero attached hydrogens (tertiary/aromatic N) is 1. The average Bonchev–Trinajstić information content (AvgIpc) is 2.72. The van der Waals surface area contributed by atoms with Crippen LogP contribution in [0, 0.1) is 0 Å². The Bertz CT molecular complexity index is 1040. The predicted octanol–water partition coefficient (Wildman–Crippen LogP) is 3.70. The highest BCUT2D eigenvalue weighted by molar-refractivity contribution is 7.78. The number of ether oxygens (including phenoxy) is 3. The number of aromatic hydroxyl groups is 1. The van der Waals surface area contributed by atoms with Crippen LogP contribution in [0.25, 0.3) is 5.57 Å². The summed E-state index contributed by atoms with van der Waals surface area (Å²) >= 11 is 4.77. The van der Waals surface area contributed by atoms with Crippen molar-refractivity contribution in [1.29, 1.82) is 0 Å². The van der Waals surface area contributed by atoms with Crippen molar-refractivity contribution in [2.45, 2.75) is 12.5 Å². The Morgan fingerprint density at radius 2 is 2.17 bits per heavy atom. The van der Waals surface area contributed by atoms with E-state index in [0.29, 0.717) is 31.1 Å². The number of fused-ring (bicyclic) bond motifs is 2. The molecule has 1 atom stereocenters. The molecule has 1 aliphatic carbocycles. The second kappa shape index (κ2) is 9.34. The van der Waals surface area contributed by atoms with E-state index in [4.69, 9.17) is 26.4 Å². The number of aliphatic imine (C=N–C) groups is 1. The number of benzene rings is 1. The lowest BCUT2D eigenvalue weighted by Crippen LogP contribution is -2.17. The quantitative estimate of drug-likeness (QED) is 0.427. The zero-order valence-electron chi connectivity index (χ0n) is 16.2. The summed E-state index contributed by atoms with van der Waals surface area (Å²) in [6.45, 7) is 0.769. The molecule has 3 aliphatic rings. The molecule has 0 spiro atoms. The second-order valence-corrected chi connectivity index (χ2v) is 7.07. The van der Waals surface area contributed by atoms with Gasteiger partial charge in [-0.05, 0) is 48.0 Å². The normalized spacial score (nSPS) is 23.2. The topological polar surface area (TPSA) is 80.5 Å². The van der Waals surface area contributed by atoms with Crippen molar-refractivity contribution in [3.05, 3.63) is 76.6 Å². The minimum absolute atomic E-state index is 0.121. The molecule has 0 bridgehead atoms. The van der Waals surface area contributed by atoms with Crippen LogP contribution in [0.4, 0.5) is 0 Å². The molecule has 0 saturated carbocycles. The molecule has 1 aromatic carbocycles. The summed E-state index contributed by atoms with van der Waals surface area (Å²) in [5, 5.41) is 21.6. The number of hydrogen-bond acceptors (Lipinski definition) is 7. The monoisotopic (exact) mass is 423 g/mol. The van der Waals surface area contributed by atoms with Crippen LogP contribution in [0.1, 0.15) is 12.0 Å². The van der Waals surface area contributed by atoms with Gasteiger partial charge in [-0.3, -0.25) is 0 Å². The minimum atomic E-state index is -0.381. The number of isothiocyanates is 1. The Hall–Kier alpha value is -2.80. The third kappa shape index (κ3) is 4.21. The molecular weight excluding hydrogens is 402 g/mol. The molecule has 6 nitrogen and oxygen atoms in total. The summed E-state index contributed by atoms with van der Waals surface area (Å²) in [6.07, 6.45) is 10.6. The van der Waals surface area contributed by atoms with Gasteiger partial charge in [0.2, 0.25) is 0 Å². The lowest BCUT2D eigenvalue weighted by molar-refractivity contribution is 0.0106. The zero-order valence-corrected chi connectivity index (χ0v) is 17.0. The van der Waals surface area contributed by atoms with Crippen molar-refractivity contribution in [2.75, 3.05) is 26.6 Å². The highest BCUT2D eigenvalue weighted by Gasteiger charge is 2.29. The Morgan fingerprint density at radius 1 is 1.27 bits per heavy atom. The lowest BCUT2D eigenvalue weighted by Gasteiger charge is -2.29. The molecule has 0 radical (unpaired) electrons. The Balaban J connectivity index is 1.90. The van der Waals surface area contributed by atoms with E-state index in [9.17, 15) is 10.2 Å². The number of rotatable bonds is 5. The third-order valence-corrected chi connectivity index (χ3v) is 5.12. The van der Waals surface area contributed by atoms with E-state index in [1.165, 1.54) is 0 Å². The van der Waals surface area contributed by atoms with Crippen molar-refractivity contribution in [3.63, 3.8) is 0 Å². The fourth-order valence-corrected chi connectivity index (χ4v) is 3.88. The minimum Gasteiger partial charge on any atom is -0.508 e. The molecule has 7 heteroatoms. The molecule has 154 valence electrons. The van der Waals surface area contributed by atoms with Gasteiger partial charge in [0.05, 0.1) is 31.0 Å². The summed E-state index contributed by atoms with van der Waals surface area (Å²) in [5.41, 5.74) is 4.63. The fraction of sp³-hybridized carbons (Fsp3) is 0.261. The maximum Gasteiger partial charge on any atom is 0.144 e. The van der Waals surface area contributed by atoms with Crippen LogP contribution < -0.4 is 4.74 Å². The molecule has 2 N–H and O–H groups in total. The number of phenols is 1. The van der Waals surface area contributed by atoms with Gasteiger partial charge in [-0.25, -0.2) is 4.99 Å². The van der Waals surface area contributed by atoms with Crippen molar-refractivity contribution >= 4 is 23.0 Å². The molecule has 0 amide bonds. The van der Waals surface area contributed by atoms with Crippen LogP contribution >= 0.6 is 12.2 Å². The van der Waals surface area contributed by atoms with Gasteiger partial charge in [0, 0.05) is 22.8 Å². The lowest BCUT2D eigenvalue weighted by atomic mass is 9.82. The highest BCUT2D eigenvalue weighted by Crippen LogP contribution is 2.46. The van der Waals surface area contributed by atoms with Crippen LogP contribution in [0.15, 0.2) is 76.1 Å². The van der Waals surface area contributed by atoms with Crippen molar-refractivity contribution in [2.24, 2.45) is 4.99 Å². The van der Waals surface area contributed by atoms with E-state index < -0.39 is 0 Å². The van der Waals surface area contributed by atoms with Crippen LogP contribution in [-0.2, 0) is 9.47 Å². The first-order chi connectivity index (χ1) is 14.7. The van der Waals surface area contributed by atoms with Crippen molar-refractivity contribution < 1.29 is 24.4 Å². The van der Waals surface area contributed by atoms with Gasteiger partial charge in [-0.1, -0.05) is 24.3 Å².